The Morgan fingerprint density at radius 3 is 2.73 bits per heavy atom. The van der Waals surface area contributed by atoms with Crippen LogP contribution in [0.25, 0.3) is 11.0 Å². The number of rotatable bonds is 0. The van der Waals surface area contributed by atoms with Gasteiger partial charge in [-0.2, -0.15) is 0 Å². The second kappa shape index (κ2) is 3.54. The number of H-pyrrole nitrogens is 1. The third-order valence-corrected chi connectivity index (χ3v) is 1.56. The van der Waals surface area contributed by atoms with Gasteiger partial charge in [-0.05, 0) is 17.3 Å². The summed E-state index contributed by atoms with van der Waals surface area (Å²) in [4.78, 5) is 7.03. The van der Waals surface area contributed by atoms with Crippen LogP contribution >= 0.6 is 0 Å². The molecule has 0 aliphatic rings. The summed E-state index contributed by atoms with van der Waals surface area (Å²) in [5, 5.41) is 0.557. The maximum absolute atomic E-state index is 4.85. The fourth-order valence-electron chi connectivity index (χ4n) is 0.929. The van der Waals surface area contributed by atoms with Crippen LogP contribution in [0.3, 0.4) is 0 Å². The van der Waals surface area contributed by atoms with Gasteiger partial charge in [0.05, 0.1) is 11.0 Å². The fourth-order valence-corrected chi connectivity index (χ4v) is 1.14. The van der Waals surface area contributed by atoms with E-state index in [1.807, 2.05) is 24.3 Å². The maximum atomic E-state index is 4.85. The number of imidazole rings is 1. The van der Waals surface area contributed by atoms with Crippen LogP contribution in [0.5, 0.6) is 0 Å². The number of benzene rings is 1. The van der Waals surface area contributed by atoms with Crippen LogP contribution in [-0.4, -0.2) is 9.97 Å². The van der Waals surface area contributed by atoms with Gasteiger partial charge in [-0.15, -0.1) is 0 Å². The van der Waals surface area contributed by atoms with E-state index >= 15 is 0 Å². The van der Waals surface area contributed by atoms with Crippen molar-refractivity contribution < 1.29 is 29.6 Å². The molecule has 0 aliphatic carbocycles. The number of aromatic nitrogens is 2. The van der Waals surface area contributed by atoms with E-state index in [1.54, 1.807) is 0 Å². The number of hydrogen-bond acceptors (Lipinski definition) is 2. The minimum Gasteiger partial charge on any atom is -0.742 e. The Morgan fingerprint density at radius 2 is 2.00 bits per heavy atom. The average Bonchev–Trinajstić information content (AvgIpc) is 2.27. The molecule has 1 aromatic carbocycles. The SMILES string of the molecule is [Na+].[S-]c1nc2ccccc2[nH]1. The first-order valence-corrected chi connectivity index (χ1v) is 3.39. The predicted octanol–water partition coefficient (Wildman–Crippen LogP) is -1.53. The van der Waals surface area contributed by atoms with Crippen LogP contribution in [0.1, 0.15) is 0 Å². The quantitative estimate of drug-likeness (QED) is 0.386. The number of hydrogen-bond donors (Lipinski definition) is 1. The fraction of sp³-hybridized carbons (Fsp3) is 0. The zero-order chi connectivity index (χ0) is 6.97. The molecule has 2 rings (SSSR count). The molecule has 0 radical (unpaired) electrons. The zero-order valence-electron chi connectivity index (χ0n) is 6.16. The Labute approximate surface area is 92.1 Å². The first-order valence-electron chi connectivity index (χ1n) is 2.98. The Hall–Kier alpha value is -0.0900. The number of aromatic amines is 1. The summed E-state index contributed by atoms with van der Waals surface area (Å²) in [6, 6.07) is 7.78. The van der Waals surface area contributed by atoms with Crippen molar-refractivity contribution in [2.24, 2.45) is 0 Å². The molecule has 0 saturated carbocycles. The molecule has 2 nitrogen and oxygen atoms in total. The minimum atomic E-state index is 0. The molecule has 11 heavy (non-hydrogen) atoms. The van der Waals surface area contributed by atoms with Crippen LogP contribution < -0.4 is 29.6 Å². The van der Waals surface area contributed by atoms with E-state index in [9.17, 15) is 0 Å². The Kier molecular flexibility index (Phi) is 2.90. The average molecular weight is 172 g/mol. The van der Waals surface area contributed by atoms with E-state index in [4.69, 9.17) is 12.6 Å². The van der Waals surface area contributed by atoms with Crippen LogP contribution in [0, 0.1) is 0 Å². The van der Waals surface area contributed by atoms with Crippen molar-refractivity contribution in [2.45, 2.75) is 5.16 Å². The molecule has 0 atom stereocenters. The van der Waals surface area contributed by atoms with Gasteiger partial charge in [-0.3, -0.25) is 4.98 Å². The number of nitrogens with one attached hydrogen (secondary N) is 1. The standard InChI is InChI=1S/C7H6N2S.Na/c10-7-8-5-3-1-2-4-6(5)9-7;/h1-4H,(H2,8,9,10);/q;+1/p-1. The summed E-state index contributed by atoms with van der Waals surface area (Å²) in [5.41, 5.74) is 1.94. The van der Waals surface area contributed by atoms with Gasteiger partial charge in [0.1, 0.15) is 0 Å². The molecule has 4 heteroatoms. The van der Waals surface area contributed by atoms with Crippen molar-refractivity contribution in [1.29, 1.82) is 0 Å². The van der Waals surface area contributed by atoms with Crippen molar-refractivity contribution in [3.63, 3.8) is 0 Å². The molecular weight excluding hydrogens is 167 g/mol. The second-order valence-electron chi connectivity index (χ2n) is 2.06. The van der Waals surface area contributed by atoms with Gasteiger partial charge in [-0.1, -0.05) is 12.1 Å². The van der Waals surface area contributed by atoms with E-state index in [-0.39, 0.29) is 29.6 Å². The monoisotopic (exact) mass is 172 g/mol. The Balaban J connectivity index is 0.000000605. The van der Waals surface area contributed by atoms with Gasteiger partial charge in [0.25, 0.3) is 0 Å². The van der Waals surface area contributed by atoms with E-state index in [1.165, 1.54) is 0 Å². The molecule has 0 spiro atoms. The zero-order valence-corrected chi connectivity index (χ0v) is 8.98. The molecule has 1 N–H and O–H groups in total. The summed E-state index contributed by atoms with van der Waals surface area (Å²) in [5.74, 6) is 0. The van der Waals surface area contributed by atoms with E-state index in [0.29, 0.717) is 5.16 Å². The van der Waals surface area contributed by atoms with Crippen molar-refractivity contribution in [1.82, 2.24) is 9.97 Å². The maximum Gasteiger partial charge on any atom is 1.00 e. The number of nitrogens with zero attached hydrogens (tertiary/aromatic N) is 1. The molecule has 1 aromatic heterocycles. The van der Waals surface area contributed by atoms with Crippen molar-refractivity contribution in [3.8, 4) is 0 Å². The van der Waals surface area contributed by atoms with Crippen LogP contribution in [-0.2, 0) is 12.6 Å². The minimum absolute atomic E-state index is 0. The van der Waals surface area contributed by atoms with Gasteiger partial charge >= 0.3 is 29.6 Å². The van der Waals surface area contributed by atoms with Crippen LogP contribution in [0.4, 0.5) is 0 Å². The van der Waals surface area contributed by atoms with Gasteiger partial charge < -0.3 is 17.6 Å². The molecule has 0 unspecified atom stereocenters. The number of para-hydroxylation sites is 2. The summed E-state index contributed by atoms with van der Waals surface area (Å²) in [6.07, 6.45) is 0. The first kappa shape index (κ1) is 9.00. The molecule has 0 saturated heterocycles. The van der Waals surface area contributed by atoms with Crippen LogP contribution in [0.2, 0.25) is 0 Å². The van der Waals surface area contributed by atoms with Gasteiger partial charge in [0.2, 0.25) is 0 Å². The number of fused-ring (bicyclic) bond motifs is 1. The molecule has 0 fully saturated rings. The molecule has 1 heterocycles. The molecule has 0 bridgehead atoms. The van der Waals surface area contributed by atoms with Gasteiger partial charge in [0.15, 0.2) is 0 Å². The smallest absolute Gasteiger partial charge is 0.742 e. The second-order valence-corrected chi connectivity index (χ2v) is 2.45. The Bertz CT molecular complexity index is 325. The van der Waals surface area contributed by atoms with E-state index < -0.39 is 0 Å². The molecular formula is C7H5N2NaS. The summed E-state index contributed by atoms with van der Waals surface area (Å²) in [6.45, 7) is 0. The van der Waals surface area contributed by atoms with Crippen molar-refractivity contribution in [2.75, 3.05) is 0 Å². The summed E-state index contributed by atoms with van der Waals surface area (Å²) >= 11 is 4.85. The third-order valence-electron chi connectivity index (χ3n) is 1.37. The summed E-state index contributed by atoms with van der Waals surface area (Å²) < 4.78 is 0. The molecule has 2 aromatic rings. The van der Waals surface area contributed by atoms with Crippen molar-refractivity contribution >= 4 is 23.7 Å². The van der Waals surface area contributed by atoms with Gasteiger partial charge in [-0.25, -0.2) is 0 Å². The normalized spacial score (nSPS) is 9.45. The first-order chi connectivity index (χ1) is 4.86. The topological polar surface area (TPSA) is 28.7 Å². The third kappa shape index (κ3) is 1.73. The predicted molar refractivity (Wildman–Crippen MR) is 41.7 cm³/mol. The molecule has 0 amide bonds. The van der Waals surface area contributed by atoms with E-state index in [2.05, 4.69) is 9.97 Å². The molecule has 50 valence electrons. The summed E-state index contributed by atoms with van der Waals surface area (Å²) in [7, 11) is 0. The van der Waals surface area contributed by atoms with Gasteiger partial charge in [0, 0.05) is 0 Å². The molecule has 0 aliphatic heterocycles. The van der Waals surface area contributed by atoms with E-state index in [0.717, 1.165) is 11.0 Å². The Morgan fingerprint density at radius 1 is 1.27 bits per heavy atom. The largest absolute Gasteiger partial charge is 1.00 e. The van der Waals surface area contributed by atoms with Crippen LogP contribution in [0.15, 0.2) is 29.4 Å². The van der Waals surface area contributed by atoms with Crippen molar-refractivity contribution in [3.05, 3.63) is 24.3 Å².